The molecule has 1 amide bonds. The minimum absolute atomic E-state index is 0.310. The Bertz CT molecular complexity index is 552. The topological polar surface area (TPSA) is 42.0 Å². The van der Waals surface area contributed by atoms with Gasteiger partial charge < -0.3 is 5.32 Å². The molecule has 0 aromatic carbocycles. The Kier molecular flexibility index (Phi) is 4.21. The smallest absolute Gasteiger partial charge is 0.223 e. The molecule has 0 atom stereocenters. The van der Waals surface area contributed by atoms with Crippen LogP contribution in [0.2, 0.25) is 0 Å². The van der Waals surface area contributed by atoms with Gasteiger partial charge in [-0.25, -0.2) is 4.98 Å². The van der Waals surface area contributed by atoms with Gasteiger partial charge in [0, 0.05) is 24.3 Å². The molecule has 0 unspecified atom stereocenters. The van der Waals surface area contributed by atoms with Crippen molar-refractivity contribution in [1.29, 1.82) is 0 Å². The molecule has 0 saturated heterocycles. The van der Waals surface area contributed by atoms with Crippen LogP contribution in [0.4, 0.5) is 0 Å². The predicted molar refractivity (Wildman–Crippen MR) is 93.5 cm³/mol. The van der Waals surface area contributed by atoms with Crippen molar-refractivity contribution in [1.82, 2.24) is 10.3 Å². The van der Waals surface area contributed by atoms with E-state index in [1.807, 2.05) is 0 Å². The molecule has 1 aromatic rings. The fourth-order valence-electron chi connectivity index (χ4n) is 5.47. The van der Waals surface area contributed by atoms with Gasteiger partial charge in [0.05, 0.1) is 10.7 Å². The van der Waals surface area contributed by atoms with E-state index in [0.29, 0.717) is 29.6 Å². The molecule has 126 valence electrons. The van der Waals surface area contributed by atoms with E-state index in [-0.39, 0.29) is 0 Å². The zero-order valence-corrected chi connectivity index (χ0v) is 15.1. The lowest BCUT2D eigenvalue weighted by Crippen LogP contribution is -2.51. The lowest BCUT2D eigenvalue weighted by Gasteiger charge is -2.53. The largest absolute Gasteiger partial charge is 0.355 e. The number of nitrogens with one attached hydrogen (secondary N) is 1. The summed E-state index contributed by atoms with van der Waals surface area (Å²) in [7, 11) is 0. The molecule has 23 heavy (non-hydrogen) atoms. The Hall–Kier alpha value is -0.900. The third-order valence-corrected chi connectivity index (χ3v) is 7.26. The summed E-state index contributed by atoms with van der Waals surface area (Å²) < 4.78 is 0. The molecule has 0 radical (unpaired) electrons. The molecule has 1 heterocycles. The molecule has 1 N–H and O–H groups in total. The molecule has 0 aliphatic heterocycles. The minimum Gasteiger partial charge on any atom is -0.355 e. The number of aromatic nitrogens is 1. The summed E-state index contributed by atoms with van der Waals surface area (Å²) >= 11 is 1.73. The number of rotatable bonds is 5. The Morgan fingerprint density at radius 3 is 2.43 bits per heavy atom. The Morgan fingerprint density at radius 2 is 1.87 bits per heavy atom. The molecule has 4 fully saturated rings. The average molecular weight is 333 g/mol. The molecule has 4 aliphatic rings. The van der Waals surface area contributed by atoms with Gasteiger partial charge in [0.2, 0.25) is 5.91 Å². The molecular formula is C19H28N2OS. The van der Waals surface area contributed by atoms with Crippen molar-refractivity contribution in [3.05, 3.63) is 16.1 Å². The summed E-state index contributed by atoms with van der Waals surface area (Å²) in [5, 5.41) is 6.53. The van der Waals surface area contributed by atoms with Gasteiger partial charge in [0.15, 0.2) is 0 Å². The van der Waals surface area contributed by atoms with Gasteiger partial charge in [0.25, 0.3) is 0 Å². The van der Waals surface area contributed by atoms with Crippen LogP contribution in [0.3, 0.4) is 0 Å². The number of carbonyl (C=O) groups excluding carboxylic acids is 1. The first-order valence-corrected chi connectivity index (χ1v) is 10.2. The van der Waals surface area contributed by atoms with E-state index in [2.05, 4.69) is 29.5 Å². The van der Waals surface area contributed by atoms with Crippen LogP contribution in [0.15, 0.2) is 5.38 Å². The van der Waals surface area contributed by atoms with Crippen molar-refractivity contribution in [3.8, 4) is 0 Å². The number of nitrogens with zero attached hydrogens (tertiary/aromatic N) is 1. The monoisotopic (exact) mass is 332 g/mol. The Morgan fingerprint density at radius 1 is 1.22 bits per heavy atom. The van der Waals surface area contributed by atoms with Crippen molar-refractivity contribution in [2.75, 3.05) is 6.54 Å². The van der Waals surface area contributed by atoms with E-state index in [4.69, 9.17) is 0 Å². The van der Waals surface area contributed by atoms with Gasteiger partial charge >= 0.3 is 0 Å². The highest BCUT2D eigenvalue weighted by atomic mass is 32.1. The molecule has 4 aliphatic carbocycles. The third kappa shape index (κ3) is 3.07. The minimum atomic E-state index is 0.310. The molecule has 1 aromatic heterocycles. The fourth-order valence-corrected chi connectivity index (χ4v) is 6.43. The lowest BCUT2D eigenvalue weighted by molar-refractivity contribution is -0.138. The maximum absolute atomic E-state index is 12.7. The third-order valence-electron chi connectivity index (χ3n) is 6.33. The zero-order valence-electron chi connectivity index (χ0n) is 14.3. The van der Waals surface area contributed by atoms with Gasteiger partial charge in [-0.3, -0.25) is 4.79 Å². The first-order valence-electron chi connectivity index (χ1n) is 9.32. The van der Waals surface area contributed by atoms with E-state index in [0.717, 1.165) is 29.8 Å². The number of hydrogen-bond acceptors (Lipinski definition) is 3. The Balaban J connectivity index is 1.30. The molecule has 0 spiro atoms. The van der Waals surface area contributed by atoms with Crippen LogP contribution >= 0.6 is 11.3 Å². The average Bonchev–Trinajstić information content (AvgIpc) is 2.95. The fraction of sp³-hybridized carbons (Fsp3) is 0.789. The highest BCUT2D eigenvalue weighted by molar-refractivity contribution is 7.09. The molecule has 5 rings (SSSR count). The van der Waals surface area contributed by atoms with Gasteiger partial charge in [0.1, 0.15) is 0 Å². The molecule has 4 bridgehead atoms. The predicted octanol–water partition coefficient (Wildman–Crippen LogP) is 4.00. The first kappa shape index (κ1) is 15.6. The second-order valence-electron chi connectivity index (χ2n) is 8.32. The van der Waals surface area contributed by atoms with Crippen molar-refractivity contribution in [2.24, 2.45) is 29.6 Å². The summed E-state index contributed by atoms with van der Waals surface area (Å²) in [4.78, 5) is 17.4. The van der Waals surface area contributed by atoms with Crippen LogP contribution in [-0.4, -0.2) is 17.4 Å². The maximum atomic E-state index is 12.7. The van der Waals surface area contributed by atoms with E-state index >= 15 is 0 Å². The van der Waals surface area contributed by atoms with Gasteiger partial charge in [-0.1, -0.05) is 13.8 Å². The summed E-state index contributed by atoms with van der Waals surface area (Å²) in [6, 6.07) is 0. The highest BCUT2D eigenvalue weighted by Gasteiger charge is 2.50. The van der Waals surface area contributed by atoms with Crippen LogP contribution in [0.1, 0.15) is 62.6 Å². The zero-order chi connectivity index (χ0) is 16.0. The molecule has 3 nitrogen and oxygen atoms in total. The van der Waals surface area contributed by atoms with Crippen molar-refractivity contribution < 1.29 is 4.79 Å². The van der Waals surface area contributed by atoms with Crippen LogP contribution < -0.4 is 5.32 Å². The van der Waals surface area contributed by atoms with E-state index < -0.39 is 0 Å². The summed E-state index contributed by atoms with van der Waals surface area (Å²) in [5.41, 5.74) is 1.18. The first-order chi connectivity index (χ1) is 11.1. The summed E-state index contributed by atoms with van der Waals surface area (Å²) in [5.74, 6) is 4.36. The van der Waals surface area contributed by atoms with Crippen LogP contribution in [-0.2, 0) is 11.2 Å². The van der Waals surface area contributed by atoms with E-state index in [1.165, 1.54) is 37.8 Å². The van der Waals surface area contributed by atoms with Gasteiger partial charge in [-0.15, -0.1) is 11.3 Å². The number of thiazole rings is 1. The van der Waals surface area contributed by atoms with Gasteiger partial charge in [-0.05, 0) is 61.7 Å². The van der Waals surface area contributed by atoms with Crippen molar-refractivity contribution in [3.63, 3.8) is 0 Å². The lowest BCUT2D eigenvalue weighted by atomic mass is 9.51. The number of carbonyl (C=O) groups is 1. The maximum Gasteiger partial charge on any atom is 0.223 e. The normalized spacial score (nSPS) is 35.0. The summed E-state index contributed by atoms with van der Waals surface area (Å²) in [6.07, 6.45) is 7.58. The second kappa shape index (κ2) is 6.19. The van der Waals surface area contributed by atoms with Crippen LogP contribution in [0.5, 0.6) is 0 Å². The SMILES string of the molecule is CC(C)c1csc(CCNC(=O)C2C3CC4CC(C3)CC2C4)n1. The quantitative estimate of drug-likeness (QED) is 0.885. The standard InChI is InChI=1S/C19H28N2OS/c1-11(2)16-10-23-17(21-16)3-4-20-19(22)18-14-6-12-5-13(8-14)9-15(18)7-12/h10-15,18H,3-9H2,1-2H3,(H,20,22). The number of hydrogen-bond donors (Lipinski definition) is 1. The van der Waals surface area contributed by atoms with Crippen molar-refractivity contribution in [2.45, 2.75) is 58.3 Å². The summed E-state index contributed by atoms with van der Waals surface area (Å²) in [6.45, 7) is 5.09. The van der Waals surface area contributed by atoms with E-state index in [1.54, 1.807) is 11.3 Å². The Labute approximate surface area is 143 Å². The molecular weight excluding hydrogens is 304 g/mol. The molecule has 4 saturated carbocycles. The highest BCUT2D eigenvalue weighted by Crippen LogP contribution is 2.56. The second-order valence-corrected chi connectivity index (χ2v) is 9.26. The van der Waals surface area contributed by atoms with Crippen molar-refractivity contribution >= 4 is 17.2 Å². The van der Waals surface area contributed by atoms with Crippen LogP contribution in [0, 0.1) is 29.6 Å². The molecule has 4 heteroatoms. The van der Waals surface area contributed by atoms with E-state index in [9.17, 15) is 4.79 Å². The van der Waals surface area contributed by atoms with Gasteiger partial charge in [-0.2, -0.15) is 0 Å². The number of amides is 1. The van der Waals surface area contributed by atoms with Crippen LogP contribution in [0.25, 0.3) is 0 Å².